The number of carbonyl (C=O) groups excluding carboxylic acids is 1. The number of carbonyl (C=O) groups is 2. The lowest BCUT2D eigenvalue weighted by Gasteiger charge is -2.38. The summed E-state index contributed by atoms with van der Waals surface area (Å²) in [5, 5.41) is 8.90. The molecule has 1 amide bonds. The maximum atomic E-state index is 12.0. The van der Waals surface area contributed by atoms with Gasteiger partial charge in [0, 0.05) is 19.5 Å². The van der Waals surface area contributed by atoms with Gasteiger partial charge in [0.1, 0.15) is 5.60 Å². The van der Waals surface area contributed by atoms with E-state index in [0.717, 1.165) is 12.8 Å². The van der Waals surface area contributed by atoms with Gasteiger partial charge in [-0.1, -0.05) is 13.3 Å². The van der Waals surface area contributed by atoms with Crippen molar-refractivity contribution in [3.8, 4) is 0 Å². The van der Waals surface area contributed by atoms with Crippen molar-refractivity contribution in [2.45, 2.75) is 52.6 Å². The maximum Gasteiger partial charge on any atom is 0.410 e. The topological polar surface area (TPSA) is 66.8 Å². The molecule has 1 saturated heterocycles. The monoisotopic (exact) mass is 271 g/mol. The summed E-state index contributed by atoms with van der Waals surface area (Å²) in [4.78, 5) is 24.5. The van der Waals surface area contributed by atoms with Crippen LogP contribution in [0, 0.1) is 11.8 Å². The number of carboxylic acids is 1. The molecule has 1 aliphatic rings. The third-order valence-electron chi connectivity index (χ3n) is 3.50. The Morgan fingerprint density at radius 1 is 1.32 bits per heavy atom. The van der Waals surface area contributed by atoms with Crippen LogP contribution in [0.4, 0.5) is 4.79 Å². The lowest BCUT2D eigenvalue weighted by Crippen LogP contribution is -2.46. The van der Waals surface area contributed by atoms with Crippen LogP contribution in [-0.4, -0.2) is 40.8 Å². The second-order valence-corrected chi connectivity index (χ2v) is 6.24. The largest absolute Gasteiger partial charge is 0.481 e. The van der Waals surface area contributed by atoms with Gasteiger partial charge >= 0.3 is 12.1 Å². The Kier molecular flexibility index (Phi) is 5.20. The fourth-order valence-electron chi connectivity index (χ4n) is 2.53. The minimum absolute atomic E-state index is 0.168. The third-order valence-corrected chi connectivity index (χ3v) is 3.50. The van der Waals surface area contributed by atoms with E-state index in [-0.39, 0.29) is 24.3 Å². The molecule has 0 aromatic carbocycles. The van der Waals surface area contributed by atoms with E-state index in [1.165, 1.54) is 0 Å². The highest BCUT2D eigenvalue weighted by atomic mass is 16.6. The lowest BCUT2D eigenvalue weighted by molar-refractivity contribution is -0.139. The number of likely N-dealkylation sites (tertiary alicyclic amines) is 1. The number of amides is 1. The summed E-state index contributed by atoms with van der Waals surface area (Å²) in [7, 11) is 0. The standard InChI is InChI=1S/C14H25NO4/c1-5-10-9-15(13(18)19-14(2,3)4)7-6-11(10)8-12(16)17/h10-11H,5-9H2,1-4H3,(H,16,17)/t10-,11-/m0/s1. The van der Waals surface area contributed by atoms with Crippen molar-refractivity contribution in [2.24, 2.45) is 11.8 Å². The fourth-order valence-corrected chi connectivity index (χ4v) is 2.53. The molecule has 0 unspecified atom stereocenters. The van der Waals surface area contributed by atoms with Crippen molar-refractivity contribution in [2.75, 3.05) is 13.1 Å². The van der Waals surface area contributed by atoms with E-state index >= 15 is 0 Å². The van der Waals surface area contributed by atoms with Gasteiger partial charge in [-0.25, -0.2) is 4.79 Å². The van der Waals surface area contributed by atoms with Crippen molar-refractivity contribution in [3.05, 3.63) is 0 Å². The normalized spacial score (nSPS) is 24.1. The van der Waals surface area contributed by atoms with Gasteiger partial charge in [-0.2, -0.15) is 0 Å². The first kappa shape index (κ1) is 15.8. The van der Waals surface area contributed by atoms with Gasteiger partial charge in [-0.15, -0.1) is 0 Å². The maximum absolute atomic E-state index is 12.0. The van der Waals surface area contributed by atoms with E-state index in [1.807, 2.05) is 27.7 Å². The summed E-state index contributed by atoms with van der Waals surface area (Å²) in [6.45, 7) is 8.77. The first-order valence-electron chi connectivity index (χ1n) is 6.92. The number of hydrogen-bond donors (Lipinski definition) is 1. The molecule has 110 valence electrons. The molecule has 0 radical (unpaired) electrons. The predicted molar refractivity (Wildman–Crippen MR) is 71.9 cm³/mol. The molecular formula is C14H25NO4. The quantitative estimate of drug-likeness (QED) is 0.857. The van der Waals surface area contributed by atoms with E-state index in [0.29, 0.717) is 13.1 Å². The average Bonchev–Trinajstić information content (AvgIpc) is 2.26. The molecule has 1 N–H and O–H groups in total. The van der Waals surface area contributed by atoms with E-state index in [4.69, 9.17) is 9.84 Å². The fraction of sp³-hybridized carbons (Fsp3) is 0.857. The molecule has 0 aromatic heterocycles. The van der Waals surface area contributed by atoms with Crippen LogP contribution in [0.25, 0.3) is 0 Å². The summed E-state index contributed by atoms with van der Waals surface area (Å²) in [6.07, 6.45) is 1.53. The van der Waals surface area contributed by atoms with Gasteiger partial charge in [0.25, 0.3) is 0 Å². The number of carboxylic acid groups (broad SMARTS) is 1. The van der Waals surface area contributed by atoms with Gasteiger partial charge in [0.15, 0.2) is 0 Å². The first-order chi connectivity index (χ1) is 8.73. The van der Waals surface area contributed by atoms with Crippen LogP contribution in [0.15, 0.2) is 0 Å². The minimum atomic E-state index is -0.755. The van der Waals surface area contributed by atoms with Crippen molar-refractivity contribution < 1.29 is 19.4 Å². The molecule has 5 nitrogen and oxygen atoms in total. The first-order valence-corrected chi connectivity index (χ1v) is 6.92. The number of rotatable bonds is 3. The average molecular weight is 271 g/mol. The van der Waals surface area contributed by atoms with E-state index in [9.17, 15) is 9.59 Å². The van der Waals surface area contributed by atoms with Crippen molar-refractivity contribution in [1.82, 2.24) is 4.90 Å². The van der Waals surface area contributed by atoms with E-state index < -0.39 is 11.6 Å². The van der Waals surface area contributed by atoms with Crippen LogP contribution >= 0.6 is 0 Å². The second-order valence-electron chi connectivity index (χ2n) is 6.24. The SMILES string of the molecule is CC[C@H]1CN(C(=O)OC(C)(C)C)CC[C@H]1CC(=O)O. The molecule has 1 aliphatic heterocycles. The van der Waals surface area contributed by atoms with Gasteiger partial charge in [-0.3, -0.25) is 4.79 Å². The summed E-state index contributed by atoms with van der Waals surface area (Å²) in [6, 6.07) is 0. The summed E-state index contributed by atoms with van der Waals surface area (Å²) in [5.41, 5.74) is -0.489. The number of aliphatic carboxylic acids is 1. The van der Waals surface area contributed by atoms with Crippen LogP contribution in [0.1, 0.15) is 47.0 Å². The Labute approximate surface area is 114 Å². The van der Waals surface area contributed by atoms with Gasteiger partial charge < -0.3 is 14.7 Å². The molecule has 1 rings (SSSR count). The van der Waals surface area contributed by atoms with Crippen LogP contribution in [0.5, 0.6) is 0 Å². The smallest absolute Gasteiger partial charge is 0.410 e. The molecule has 2 atom stereocenters. The van der Waals surface area contributed by atoms with Crippen molar-refractivity contribution >= 4 is 12.1 Å². The van der Waals surface area contributed by atoms with Crippen LogP contribution < -0.4 is 0 Å². The Morgan fingerprint density at radius 3 is 2.42 bits per heavy atom. The minimum Gasteiger partial charge on any atom is -0.481 e. The number of hydrogen-bond acceptors (Lipinski definition) is 3. The Hall–Kier alpha value is -1.26. The summed E-state index contributed by atoms with van der Waals surface area (Å²) in [5.74, 6) is -0.340. The van der Waals surface area contributed by atoms with Crippen LogP contribution in [-0.2, 0) is 9.53 Å². The zero-order valence-electron chi connectivity index (χ0n) is 12.3. The molecule has 0 aliphatic carbocycles. The Morgan fingerprint density at radius 2 is 1.95 bits per heavy atom. The van der Waals surface area contributed by atoms with Crippen molar-refractivity contribution in [1.29, 1.82) is 0 Å². The molecule has 0 saturated carbocycles. The summed E-state index contributed by atoms with van der Waals surface area (Å²) < 4.78 is 5.36. The molecule has 19 heavy (non-hydrogen) atoms. The van der Waals surface area contributed by atoms with E-state index in [1.54, 1.807) is 4.90 Å². The van der Waals surface area contributed by atoms with Gasteiger partial charge in [0.05, 0.1) is 0 Å². The molecular weight excluding hydrogens is 246 g/mol. The highest BCUT2D eigenvalue weighted by Gasteiger charge is 2.33. The van der Waals surface area contributed by atoms with Crippen LogP contribution in [0.2, 0.25) is 0 Å². The number of ether oxygens (including phenoxy) is 1. The zero-order chi connectivity index (χ0) is 14.6. The van der Waals surface area contributed by atoms with Gasteiger partial charge in [-0.05, 0) is 39.0 Å². The summed E-state index contributed by atoms with van der Waals surface area (Å²) >= 11 is 0. The molecule has 0 bridgehead atoms. The lowest BCUT2D eigenvalue weighted by atomic mass is 9.82. The Balaban J connectivity index is 2.58. The highest BCUT2D eigenvalue weighted by molar-refractivity contribution is 5.69. The molecule has 5 heteroatoms. The predicted octanol–water partition coefficient (Wildman–Crippen LogP) is 2.74. The second kappa shape index (κ2) is 6.26. The van der Waals surface area contributed by atoms with Crippen LogP contribution in [0.3, 0.4) is 0 Å². The Bertz CT molecular complexity index is 335. The molecule has 0 aromatic rings. The molecule has 1 heterocycles. The molecule has 0 spiro atoms. The van der Waals surface area contributed by atoms with Crippen molar-refractivity contribution in [3.63, 3.8) is 0 Å². The van der Waals surface area contributed by atoms with E-state index in [2.05, 4.69) is 0 Å². The highest BCUT2D eigenvalue weighted by Crippen LogP contribution is 2.29. The third kappa shape index (κ3) is 5.09. The number of piperidine rings is 1. The van der Waals surface area contributed by atoms with Gasteiger partial charge in [0.2, 0.25) is 0 Å². The molecule has 1 fully saturated rings. The zero-order valence-corrected chi connectivity index (χ0v) is 12.3. The number of nitrogens with zero attached hydrogens (tertiary/aromatic N) is 1.